The molecule has 19 heavy (non-hydrogen) atoms. The molecule has 1 aliphatic rings. The van der Waals surface area contributed by atoms with Gasteiger partial charge in [-0.3, -0.25) is 4.79 Å². The Morgan fingerprint density at radius 1 is 1.63 bits per heavy atom. The Balaban J connectivity index is 2.16. The van der Waals surface area contributed by atoms with Crippen LogP contribution in [0.25, 0.3) is 0 Å². The summed E-state index contributed by atoms with van der Waals surface area (Å²) in [7, 11) is 1.65. The standard InChI is InChI=1S/C12H16BrClN4O/c1-15-10(19)5-6-18(8-3-2-4-8)11-9(13)7-16-12(14)17-11/h7-8H,2-6H2,1H3,(H,15,19). The Bertz CT molecular complexity index is 467. The fourth-order valence-corrected chi connectivity index (χ4v) is 2.59. The predicted molar refractivity (Wildman–Crippen MR) is 78.4 cm³/mol. The van der Waals surface area contributed by atoms with E-state index in [-0.39, 0.29) is 11.2 Å². The first-order valence-corrected chi connectivity index (χ1v) is 7.44. The number of nitrogens with zero attached hydrogens (tertiary/aromatic N) is 3. The van der Waals surface area contributed by atoms with Gasteiger partial charge in [0.05, 0.1) is 4.47 Å². The van der Waals surface area contributed by atoms with Gasteiger partial charge in [-0.2, -0.15) is 4.98 Å². The van der Waals surface area contributed by atoms with Gasteiger partial charge in [-0.25, -0.2) is 4.98 Å². The number of amides is 1. The van der Waals surface area contributed by atoms with Gasteiger partial charge >= 0.3 is 0 Å². The highest BCUT2D eigenvalue weighted by molar-refractivity contribution is 9.10. The van der Waals surface area contributed by atoms with Gasteiger partial charge in [-0.15, -0.1) is 0 Å². The molecule has 0 atom stereocenters. The second-order valence-corrected chi connectivity index (χ2v) is 5.70. The van der Waals surface area contributed by atoms with E-state index < -0.39 is 0 Å². The fourth-order valence-electron chi connectivity index (χ4n) is 2.05. The Kier molecular flexibility index (Phi) is 4.99. The molecule has 0 bridgehead atoms. The van der Waals surface area contributed by atoms with Crippen molar-refractivity contribution in [2.75, 3.05) is 18.5 Å². The number of nitrogens with one attached hydrogen (secondary N) is 1. The number of rotatable bonds is 5. The maximum atomic E-state index is 11.4. The van der Waals surface area contributed by atoms with E-state index in [1.807, 2.05) is 0 Å². The Morgan fingerprint density at radius 3 is 2.95 bits per heavy atom. The molecule has 1 aliphatic carbocycles. The molecule has 0 spiro atoms. The van der Waals surface area contributed by atoms with Gasteiger partial charge in [-0.05, 0) is 46.8 Å². The Hall–Kier alpha value is -0.880. The van der Waals surface area contributed by atoms with Crippen LogP contribution in [0.3, 0.4) is 0 Å². The third kappa shape index (κ3) is 3.57. The number of halogens is 2. The second kappa shape index (κ2) is 6.52. The number of hydrogen-bond donors (Lipinski definition) is 1. The van der Waals surface area contributed by atoms with E-state index in [9.17, 15) is 4.79 Å². The molecule has 0 unspecified atom stereocenters. The smallest absolute Gasteiger partial charge is 0.224 e. The van der Waals surface area contributed by atoms with Crippen LogP contribution in [0.5, 0.6) is 0 Å². The molecule has 0 aliphatic heterocycles. The van der Waals surface area contributed by atoms with Crippen molar-refractivity contribution in [2.45, 2.75) is 31.7 Å². The molecule has 104 valence electrons. The van der Waals surface area contributed by atoms with Crippen LogP contribution in [0.4, 0.5) is 5.82 Å². The third-order valence-corrected chi connectivity index (χ3v) is 4.08. The van der Waals surface area contributed by atoms with Crippen molar-refractivity contribution < 1.29 is 4.79 Å². The minimum Gasteiger partial charge on any atom is -0.359 e. The van der Waals surface area contributed by atoms with Crippen molar-refractivity contribution >= 4 is 39.3 Å². The van der Waals surface area contributed by atoms with E-state index in [1.165, 1.54) is 6.42 Å². The maximum Gasteiger partial charge on any atom is 0.224 e. The predicted octanol–water partition coefficient (Wildman–Crippen LogP) is 2.39. The van der Waals surface area contributed by atoms with Gasteiger partial charge in [-0.1, -0.05) is 0 Å². The summed E-state index contributed by atoms with van der Waals surface area (Å²) in [4.78, 5) is 21.8. The molecule has 1 N–H and O–H groups in total. The summed E-state index contributed by atoms with van der Waals surface area (Å²) in [6.07, 6.45) is 5.57. The molecular formula is C12H16BrClN4O. The summed E-state index contributed by atoms with van der Waals surface area (Å²) >= 11 is 9.32. The summed E-state index contributed by atoms with van der Waals surface area (Å²) in [6.45, 7) is 0.635. The normalized spacial score (nSPS) is 14.9. The van der Waals surface area contributed by atoms with Crippen LogP contribution in [0.1, 0.15) is 25.7 Å². The third-order valence-electron chi connectivity index (χ3n) is 3.34. The van der Waals surface area contributed by atoms with Gasteiger partial charge in [0, 0.05) is 32.3 Å². The van der Waals surface area contributed by atoms with Crippen molar-refractivity contribution in [3.63, 3.8) is 0 Å². The van der Waals surface area contributed by atoms with Crippen molar-refractivity contribution in [3.8, 4) is 0 Å². The lowest BCUT2D eigenvalue weighted by molar-refractivity contribution is -0.120. The highest BCUT2D eigenvalue weighted by Crippen LogP contribution is 2.33. The van der Waals surface area contributed by atoms with Crippen molar-refractivity contribution in [1.82, 2.24) is 15.3 Å². The quantitative estimate of drug-likeness (QED) is 0.831. The molecule has 1 saturated carbocycles. The average molecular weight is 348 g/mol. The summed E-state index contributed by atoms with van der Waals surface area (Å²) in [5.41, 5.74) is 0. The van der Waals surface area contributed by atoms with Gasteiger partial charge in [0.15, 0.2) is 0 Å². The molecule has 1 heterocycles. The second-order valence-electron chi connectivity index (χ2n) is 4.51. The number of hydrogen-bond acceptors (Lipinski definition) is 4. The zero-order chi connectivity index (χ0) is 13.8. The maximum absolute atomic E-state index is 11.4. The minimum absolute atomic E-state index is 0.0283. The Morgan fingerprint density at radius 2 is 2.37 bits per heavy atom. The number of carbonyl (C=O) groups excluding carboxylic acids is 1. The average Bonchev–Trinajstić information content (AvgIpc) is 2.34. The lowest BCUT2D eigenvalue weighted by Crippen LogP contribution is -2.42. The molecule has 1 aromatic heterocycles. The number of carbonyl (C=O) groups is 1. The van der Waals surface area contributed by atoms with Crippen LogP contribution in [0.2, 0.25) is 5.28 Å². The molecule has 1 amide bonds. The van der Waals surface area contributed by atoms with E-state index in [0.717, 1.165) is 23.1 Å². The summed E-state index contributed by atoms with van der Waals surface area (Å²) in [5, 5.41) is 2.86. The highest BCUT2D eigenvalue weighted by Gasteiger charge is 2.27. The van der Waals surface area contributed by atoms with E-state index in [2.05, 4.69) is 36.1 Å². The van der Waals surface area contributed by atoms with Crippen molar-refractivity contribution in [2.24, 2.45) is 0 Å². The molecule has 1 fully saturated rings. The zero-order valence-corrected chi connectivity index (χ0v) is 13.0. The summed E-state index contributed by atoms with van der Waals surface area (Å²) in [5.74, 6) is 0.800. The topological polar surface area (TPSA) is 58.1 Å². The van der Waals surface area contributed by atoms with Crippen LogP contribution in [-0.4, -0.2) is 35.5 Å². The summed E-state index contributed by atoms with van der Waals surface area (Å²) < 4.78 is 0.806. The summed E-state index contributed by atoms with van der Waals surface area (Å²) in [6, 6.07) is 0.437. The number of aromatic nitrogens is 2. The molecule has 1 aromatic rings. The minimum atomic E-state index is 0.0283. The molecule has 0 saturated heterocycles. The van der Waals surface area contributed by atoms with Crippen LogP contribution < -0.4 is 10.2 Å². The fraction of sp³-hybridized carbons (Fsp3) is 0.583. The lowest BCUT2D eigenvalue weighted by atomic mass is 9.91. The van der Waals surface area contributed by atoms with E-state index >= 15 is 0 Å². The van der Waals surface area contributed by atoms with Crippen LogP contribution in [0.15, 0.2) is 10.7 Å². The molecule has 0 radical (unpaired) electrons. The molecule has 0 aromatic carbocycles. The Labute approximate surface area is 125 Å². The first kappa shape index (κ1) is 14.5. The number of anilines is 1. The first-order valence-electron chi connectivity index (χ1n) is 6.27. The SMILES string of the molecule is CNC(=O)CCN(c1nc(Cl)ncc1Br)C1CCC1. The first-order chi connectivity index (χ1) is 9.11. The van der Waals surface area contributed by atoms with Gasteiger partial charge in [0.1, 0.15) is 5.82 Å². The van der Waals surface area contributed by atoms with Gasteiger partial charge in [0.2, 0.25) is 11.2 Å². The van der Waals surface area contributed by atoms with E-state index in [4.69, 9.17) is 11.6 Å². The van der Waals surface area contributed by atoms with Crippen LogP contribution in [0, 0.1) is 0 Å². The monoisotopic (exact) mass is 346 g/mol. The van der Waals surface area contributed by atoms with Crippen LogP contribution in [-0.2, 0) is 4.79 Å². The largest absolute Gasteiger partial charge is 0.359 e. The van der Waals surface area contributed by atoms with E-state index in [1.54, 1.807) is 13.2 Å². The molecular weight excluding hydrogens is 332 g/mol. The zero-order valence-electron chi connectivity index (χ0n) is 10.7. The molecule has 2 rings (SSSR count). The lowest BCUT2D eigenvalue weighted by Gasteiger charge is -2.38. The van der Waals surface area contributed by atoms with E-state index in [0.29, 0.717) is 19.0 Å². The molecule has 7 heteroatoms. The van der Waals surface area contributed by atoms with Crippen LogP contribution >= 0.6 is 27.5 Å². The highest BCUT2D eigenvalue weighted by atomic mass is 79.9. The van der Waals surface area contributed by atoms with Gasteiger partial charge in [0.25, 0.3) is 0 Å². The van der Waals surface area contributed by atoms with Crippen molar-refractivity contribution in [1.29, 1.82) is 0 Å². The van der Waals surface area contributed by atoms with Gasteiger partial charge < -0.3 is 10.2 Å². The molecule has 5 nitrogen and oxygen atoms in total. The van der Waals surface area contributed by atoms with Crippen molar-refractivity contribution in [3.05, 3.63) is 16.0 Å².